The van der Waals surface area contributed by atoms with Crippen LogP contribution >= 0.6 is 31.3 Å². The van der Waals surface area contributed by atoms with E-state index >= 15 is 0 Å². The summed E-state index contributed by atoms with van der Waals surface area (Å²) >= 11 is 2.08. The molecule has 14 heteroatoms. The maximum atomic E-state index is 13.6. The first-order valence-electron chi connectivity index (χ1n) is 12.0. The van der Waals surface area contributed by atoms with Gasteiger partial charge in [-0.3, -0.25) is 18.4 Å². The van der Waals surface area contributed by atoms with Crippen LogP contribution in [0.4, 0.5) is 0 Å². The van der Waals surface area contributed by atoms with Gasteiger partial charge in [0.15, 0.2) is 5.12 Å². The Morgan fingerprint density at radius 3 is 2.58 bits per heavy atom. The first-order valence-corrected chi connectivity index (χ1v) is 15.5. The second kappa shape index (κ2) is 13.7. The first kappa shape index (κ1) is 31.0. The fourth-order valence-corrected chi connectivity index (χ4v) is 7.22. The minimum atomic E-state index is -3.91. The summed E-state index contributed by atoms with van der Waals surface area (Å²) in [6.45, 7) is 4.51. The average Bonchev–Trinajstić information content (AvgIpc) is 3.18. The highest BCUT2D eigenvalue weighted by atomic mass is 32.2. The Morgan fingerprint density at radius 2 is 1.92 bits per heavy atom. The van der Waals surface area contributed by atoms with Crippen molar-refractivity contribution in [1.29, 1.82) is 0 Å². The van der Waals surface area contributed by atoms with Crippen molar-refractivity contribution in [2.75, 3.05) is 25.6 Å². The summed E-state index contributed by atoms with van der Waals surface area (Å²) in [4.78, 5) is 28.4. The third kappa shape index (κ3) is 8.23. The molecule has 1 aliphatic rings. The van der Waals surface area contributed by atoms with Crippen LogP contribution in [0.15, 0.2) is 47.4 Å². The summed E-state index contributed by atoms with van der Waals surface area (Å²) in [6, 6.07) is 10.8. The van der Waals surface area contributed by atoms with Gasteiger partial charge < -0.3 is 15.3 Å². The third-order valence-electron chi connectivity index (χ3n) is 5.83. The summed E-state index contributed by atoms with van der Waals surface area (Å²) in [5, 5.41) is 31.6. The molecule has 4 N–H and O–H groups in total. The standard InChI is InChI=1S/C24H34N3O8PS2/c1-16-9-10-27(23(32)26-16)21-20(30)19(29)18(38-21)14-35-36(33,25-13-17-7-5-4-6-8-17)34-11-12-37-22(31)24(2,3)15-28/h4-10,18-21,28-30H,11-15H2,1-3H3,(H,25,33)/t18-,19-,20+,21-,36?/m1/s1. The van der Waals surface area contributed by atoms with E-state index in [2.05, 4.69) is 10.1 Å². The van der Waals surface area contributed by atoms with Crippen LogP contribution < -0.4 is 10.8 Å². The number of nitrogens with one attached hydrogen (secondary N) is 1. The summed E-state index contributed by atoms with van der Waals surface area (Å²) in [7, 11) is -3.91. The number of rotatable bonds is 13. The van der Waals surface area contributed by atoms with E-state index in [1.165, 1.54) is 10.8 Å². The molecule has 3 rings (SSSR count). The minimum absolute atomic E-state index is 0.0764. The van der Waals surface area contributed by atoms with Gasteiger partial charge in [-0.05, 0) is 32.4 Å². The topological polar surface area (TPSA) is 160 Å². The maximum absolute atomic E-state index is 13.6. The highest BCUT2D eigenvalue weighted by Crippen LogP contribution is 2.48. The van der Waals surface area contributed by atoms with E-state index in [0.717, 1.165) is 29.1 Å². The highest BCUT2D eigenvalue weighted by molar-refractivity contribution is 8.13. The Morgan fingerprint density at radius 1 is 1.21 bits per heavy atom. The molecule has 1 unspecified atom stereocenters. The van der Waals surface area contributed by atoms with Gasteiger partial charge in [-0.15, -0.1) is 11.8 Å². The quantitative estimate of drug-likeness (QED) is 0.200. The molecule has 210 valence electrons. The molecule has 1 saturated heterocycles. The average molecular weight is 588 g/mol. The molecule has 0 radical (unpaired) electrons. The molecule has 1 aromatic carbocycles. The second-order valence-corrected chi connectivity index (χ2v) is 13.7. The SMILES string of the molecule is Cc1ccn([C@@H]2S[C@H](COP(=O)(NCc3ccccc3)OCCSC(=O)C(C)(C)CO)[C@@H](O)[C@@H]2O)c(=O)n1. The van der Waals surface area contributed by atoms with Crippen LogP contribution in [0.1, 0.15) is 30.5 Å². The molecule has 5 atom stereocenters. The van der Waals surface area contributed by atoms with E-state index in [0.29, 0.717) is 5.69 Å². The molecule has 1 aliphatic heterocycles. The van der Waals surface area contributed by atoms with Crippen LogP contribution in [0.3, 0.4) is 0 Å². The van der Waals surface area contributed by atoms with E-state index < -0.39 is 41.7 Å². The summed E-state index contributed by atoms with van der Waals surface area (Å²) in [6.07, 6.45) is -1.02. The number of hydrogen-bond acceptors (Lipinski definition) is 11. The van der Waals surface area contributed by atoms with Gasteiger partial charge in [0.2, 0.25) is 0 Å². The van der Waals surface area contributed by atoms with Gasteiger partial charge in [-0.1, -0.05) is 42.1 Å². The van der Waals surface area contributed by atoms with Gasteiger partial charge in [0, 0.05) is 24.2 Å². The lowest BCUT2D eigenvalue weighted by Crippen LogP contribution is -2.36. The normalized spacial score (nSPS) is 23.3. The van der Waals surface area contributed by atoms with Crippen LogP contribution in [0.25, 0.3) is 0 Å². The summed E-state index contributed by atoms with van der Waals surface area (Å²) in [5.74, 6) is 0.188. The van der Waals surface area contributed by atoms with Crippen LogP contribution in [0, 0.1) is 12.3 Å². The Hall–Kier alpha value is -1.54. The molecule has 1 fully saturated rings. The number of aliphatic hydroxyl groups excluding tert-OH is 3. The van der Waals surface area contributed by atoms with Crippen molar-refractivity contribution in [2.45, 2.75) is 50.1 Å². The van der Waals surface area contributed by atoms with Crippen molar-refractivity contribution in [3.63, 3.8) is 0 Å². The zero-order valence-electron chi connectivity index (χ0n) is 21.4. The van der Waals surface area contributed by atoms with Crippen molar-refractivity contribution in [1.82, 2.24) is 14.6 Å². The van der Waals surface area contributed by atoms with Crippen LogP contribution in [-0.2, 0) is 25.0 Å². The van der Waals surface area contributed by atoms with E-state index in [-0.39, 0.29) is 37.2 Å². The monoisotopic (exact) mass is 587 g/mol. The van der Waals surface area contributed by atoms with E-state index in [4.69, 9.17) is 9.05 Å². The van der Waals surface area contributed by atoms with Gasteiger partial charge in [0.05, 0.1) is 36.6 Å². The molecule has 0 amide bonds. The van der Waals surface area contributed by atoms with Gasteiger partial charge in [0.1, 0.15) is 11.5 Å². The number of hydrogen-bond donors (Lipinski definition) is 4. The second-order valence-electron chi connectivity index (χ2n) is 9.43. The minimum Gasteiger partial charge on any atom is -0.395 e. The molecule has 38 heavy (non-hydrogen) atoms. The Kier molecular flexibility index (Phi) is 11.2. The zero-order chi connectivity index (χ0) is 27.9. The number of carbonyl (C=O) groups is 1. The van der Waals surface area contributed by atoms with Crippen LogP contribution in [-0.4, -0.2) is 73.0 Å². The third-order valence-corrected chi connectivity index (χ3v) is 10.1. The molecular formula is C24H34N3O8PS2. The predicted octanol–water partition coefficient (Wildman–Crippen LogP) is 2.10. The Bertz CT molecular complexity index is 1180. The number of benzene rings is 1. The fraction of sp³-hybridized carbons (Fsp3) is 0.542. The van der Waals surface area contributed by atoms with Gasteiger partial charge in [-0.25, -0.2) is 14.4 Å². The molecule has 0 spiro atoms. The molecule has 1 aromatic heterocycles. The lowest BCUT2D eigenvalue weighted by molar-refractivity contribution is -0.119. The van der Waals surface area contributed by atoms with E-state index in [1.807, 2.05) is 30.3 Å². The molecule has 0 bridgehead atoms. The Labute approximate surface area is 229 Å². The smallest absolute Gasteiger partial charge is 0.395 e. The number of nitrogens with zero attached hydrogens (tertiary/aromatic N) is 2. The van der Waals surface area contributed by atoms with Crippen molar-refractivity contribution in [2.24, 2.45) is 5.41 Å². The molecular weight excluding hydrogens is 553 g/mol. The zero-order valence-corrected chi connectivity index (χ0v) is 24.0. The summed E-state index contributed by atoms with van der Waals surface area (Å²) in [5.41, 5.74) is -0.0820. The maximum Gasteiger partial charge on any atom is 0.405 e. The number of aliphatic hydroxyl groups is 3. The van der Waals surface area contributed by atoms with Crippen molar-refractivity contribution >= 4 is 36.4 Å². The molecule has 2 heterocycles. The largest absolute Gasteiger partial charge is 0.405 e. The highest BCUT2D eigenvalue weighted by Gasteiger charge is 2.45. The lowest BCUT2D eigenvalue weighted by atomic mass is 9.97. The summed E-state index contributed by atoms with van der Waals surface area (Å²) < 4.78 is 26.1. The lowest BCUT2D eigenvalue weighted by Gasteiger charge is -2.23. The number of aromatic nitrogens is 2. The molecule has 0 saturated carbocycles. The fourth-order valence-electron chi connectivity index (χ4n) is 3.42. The molecule has 0 aliphatic carbocycles. The van der Waals surface area contributed by atoms with Gasteiger partial charge >= 0.3 is 13.4 Å². The van der Waals surface area contributed by atoms with E-state index in [1.54, 1.807) is 26.8 Å². The number of carbonyl (C=O) groups excluding carboxylic acids is 1. The van der Waals surface area contributed by atoms with E-state index in [9.17, 15) is 29.5 Å². The van der Waals surface area contributed by atoms with Gasteiger partial charge in [0.25, 0.3) is 0 Å². The molecule has 2 aromatic rings. The van der Waals surface area contributed by atoms with Crippen LogP contribution in [0.2, 0.25) is 0 Å². The van der Waals surface area contributed by atoms with Crippen LogP contribution in [0.5, 0.6) is 0 Å². The van der Waals surface area contributed by atoms with Gasteiger partial charge in [-0.2, -0.15) is 4.98 Å². The Balaban J connectivity index is 1.64. The van der Waals surface area contributed by atoms with Crippen molar-refractivity contribution in [3.05, 3.63) is 64.3 Å². The first-order chi connectivity index (χ1) is 18.0. The molecule has 11 nitrogen and oxygen atoms in total. The number of thioether (sulfide) groups is 2. The van der Waals surface area contributed by atoms with Crippen molar-refractivity contribution in [3.8, 4) is 0 Å². The van der Waals surface area contributed by atoms with Crippen molar-refractivity contribution < 1.29 is 33.7 Å². The predicted molar refractivity (Wildman–Crippen MR) is 147 cm³/mol. The number of aryl methyl sites for hydroxylation is 1.